The van der Waals surface area contributed by atoms with Gasteiger partial charge in [0.2, 0.25) is 5.52 Å². The Hall–Kier alpha value is -2.96. The van der Waals surface area contributed by atoms with Crippen molar-refractivity contribution in [3.05, 3.63) is 46.5 Å². The molecule has 3 aromatic rings. The van der Waals surface area contributed by atoms with Gasteiger partial charge in [-0.3, -0.25) is 10.1 Å². The van der Waals surface area contributed by atoms with Crippen molar-refractivity contribution in [1.82, 2.24) is 10.3 Å². The minimum atomic E-state index is -0.512. The maximum atomic E-state index is 10.9. The normalized spacial score (nSPS) is 10.7. The van der Waals surface area contributed by atoms with Crippen LogP contribution in [0.25, 0.3) is 22.2 Å². The molecule has 0 fully saturated rings. The van der Waals surface area contributed by atoms with Crippen molar-refractivity contribution in [2.45, 2.75) is 0 Å². The molecule has 0 saturated carbocycles. The molecule has 0 aliphatic heterocycles. The van der Waals surface area contributed by atoms with Crippen molar-refractivity contribution in [3.8, 4) is 16.9 Å². The highest BCUT2D eigenvalue weighted by Crippen LogP contribution is 2.33. The number of benzene rings is 2. The number of rotatable bonds is 3. The molecule has 3 rings (SSSR count). The van der Waals surface area contributed by atoms with E-state index >= 15 is 0 Å². The van der Waals surface area contributed by atoms with E-state index in [-0.39, 0.29) is 11.2 Å². The average molecular weight is 271 g/mol. The van der Waals surface area contributed by atoms with Gasteiger partial charge in [0.1, 0.15) is 11.3 Å². The molecule has 2 aromatic carbocycles. The summed E-state index contributed by atoms with van der Waals surface area (Å²) in [6.07, 6.45) is 0. The number of aromatic nitrogens is 2. The maximum absolute atomic E-state index is 10.9. The van der Waals surface area contributed by atoms with E-state index in [9.17, 15) is 10.1 Å². The Balaban J connectivity index is 2.24. The van der Waals surface area contributed by atoms with Gasteiger partial charge in [-0.25, -0.2) is 4.63 Å². The van der Waals surface area contributed by atoms with Gasteiger partial charge in [-0.2, -0.15) is 0 Å². The van der Waals surface area contributed by atoms with Crippen molar-refractivity contribution >= 4 is 16.7 Å². The summed E-state index contributed by atoms with van der Waals surface area (Å²) in [6, 6.07) is 10.3. The first kappa shape index (κ1) is 12.1. The number of methoxy groups -OCH3 is 1. The zero-order valence-electron chi connectivity index (χ0n) is 10.4. The second-order valence-electron chi connectivity index (χ2n) is 4.08. The number of non-ortho nitro benzene ring substituents is 1. The van der Waals surface area contributed by atoms with Crippen LogP contribution in [0.2, 0.25) is 0 Å². The highest BCUT2D eigenvalue weighted by Gasteiger charge is 2.20. The molecule has 7 heteroatoms. The second kappa shape index (κ2) is 4.61. The highest BCUT2D eigenvalue weighted by molar-refractivity contribution is 5.96. The summed E-state index contributed by atoms with van der Waals surface area (Å²) in [4.78, 5) is 10.4. The van der Waals surface area contributed by atoms with Gasteiger partial charge in [-0.05, 0) is 34.1 Å². The summed E-state index contributed by atoms with van der Waals surface area (Å²) in [5.74, 6) is 0.686. The van der Waals surface area contributed by atoms with Crippen LogP contribution in [0.4, 0.5) is 5.69 Å². The van der Waals surface area contributed by atoms with Gasteiger partial charge in [0.25, 0.3) is 0 Å². The third kappa shape index (κ3) is 1.85. The fourth-order valence-corrected chi connectivity index (χ4v) is 2.02. The van der Waals surface area contributed by atoms with Crippen molar-refractivity contribution in [3.63, 3.8) is 0 Å². The molecule has 0 aliphatic carbocycles. The number of nitrogens with zero attached hydrogens (tertiary/aromatic N) is 3. The van der Waals surface area contributed by atoms with Crippen LogP contribution in [0.3, 0.4) is 0 Å². The molecule has 100 valence electrons. The summed E-state index contributed by atoms with van der Waals surface area (Å²) in [6.45, 7) is 0. The lowest BCUT2D eigenvalue weighted by atomic mass is 10.0. The minimum Gasteiger partial charge on any atom is -0.497 e. The van der Waals surface area contributed by atoms with Crippen LogP contribution >= 0.6 is 0 Å². The molecule has 0 radical (unpaired) electrons. The number of nitro groups is 1. The lowest BCUT2D eigenvalue weighted by molar-refractivity contribution is -0.383. The van der Waals surface area contributed by atoms with Gasteiger partial charge in [-0.15, -0.1) is 0 Å². The number of nitro benzene ring substituents is 1. The molecule has 0 aliphatic rings. The van der Waals surface area contributed by atoms with E-state index in [1.165, 1.54) is 6.07 Å². The zero-order valence-corrected chi connectivity index (χ0v) is 10.4. The summed E-state index contributed by atoms with van der Waals surface area (Å²) < 4.78 is 9.80. The maximum Gasteiger partial charge on any atom is 0.300 e. The monoisotopic (exact) mass is 271 g/mol. The Bertz CT molecular complexity index is 797. The van der Waals surface area contributed by atoms with Crippen LogP contribution in [0, 0.1) is 10.1 Å². The van der Waals surface area contributed by atoms with E-state index in [1.807, 2.05) is 24.3 Å². The van der Waals surface area contributed by atoms with Gasteiger partial charge in [0.15, 0.2) is 0 Å². The Morgan fingerprint density at radius 3 is 2.75 bits per heavy atom. The van der Waals surface area contributed by atoms with E-state index in [4.69, 9.17) is 4.74 Å². The number of ether oxygens (including phenoxy) is 1. The smallest absolute Gasteiger partial charge is 0.300 e. The first-order chi connectivity index (χ1) is 9.70. The number of hydrogen-bond donors (Lipinski definition) is 0. The fraction of sp³-hybridized carbons (Fsp3) is 0.0769. The second-order valence-corrected chi connectivity index (χ2v) is 4.08. The fourth-order valence-electron chi connectivity index (χ4n) is 2.02. The highest BCUT2D eigenvalue weighted by atomic mass is 16.6. The molecule has 20 heavy (non-hydrogen) atoms. The van der Waals surface area contributed by atoms with E-state index in [0.717, 1.165) is 5.56 Å². The largest absolute Gasteiger partial charge is 0.497 e. The van der Waals surface area contributed by atoms with Crippen molar-refractivity contribution in [1.29, 1.82) is 0 Å². The van der Waals surface area contributed by atoms with Crippen LogP contribution in [0.5, 0.6) is 5.75 Å². The minimum absolute atomic E-state index is 0.132. The molecule has 0 unspecified atom stereocenters. The Labute approximate surface area is 112 Å². The van der Waals surface area contributed by atoms with Crippen molar-refractivity contribution in [2.75, 3.05) is 7.11 Å². The van der Waals surface area contributed by atoms with Crippen LogP contribution in [0.1, 0.15) is 0 Å². The molecule has 0 saturated heterocycles. The molecule has 1 aromatic heterocycles. The third-order valence-electron chi connectivity index (χ3n) is 2.97. The molecule has 0 spiro atoms. The van der Waals surface area contributed by atoms with E-state index in [2.05, 4.69) is 14.9 Å². The van der Waals surface area contributed by atoms with Crippen molar-refractivity contribution < 1.29 is 14.3 Å². The van der Waals surface area contributed by atoms with Gasteiger partial charge in [0.05, 0.1) is 12.0 Å². The summed E-state index contributed by atoms with van der Waals surface area (Å²) >= 11 is 0. The third-order valence-corrected chi connectivity index (χ3v) is 2.97. The first-order valence-electron chi connectivity index (χ1n) is 5.75. The molecule has 7 nitrogen and oxygen atoms in total. The summed E-state index contributed by atoms with van der Waals surface area (Å²) in [5.41, 5.74) is 1.88. The Morgan fingerprint density at radius 1 is 1.20 bits per heavy atom. The molecule has 0 amide bonds. The van der Waals surface area contributed by atoms with Gasteiger partial charge < -0.3 is 4.74 Å². The molecular formula is C13H9N3O4. The van der Waals surface area contributed by atoms with Gasteiger partial charge >= 0.3 is 5.69 Å². The Morgan fingerprint density at radius 2 is 2.00 bits per heavy atom. The molecule has 0 atom stereocenters. The standard InChI is InChI=1S/C13H9N3O4/c1-19-9-4-2-3-8(7-9)10-5-6-11(16(17)18)13-12(10)14-20-15-13/h2-7H,1H3. The van der Waals surface area contributed by atoms with Crippen LogP contribution < -0.4 is 4.74 Å². The van der Waals surface area contributed by atoms with Gasteiger partial charge in [-0.1, -0.05) is 12.1 Å². The van der Waals surface area contributed by atoms with E-state index in [0.29, 0.717) is 16.8 Å². The lowest BCUT2D eigenvalue weighted by Gasteiger charge is -2.04. The molecule has 1 heterocycles. The zero-order chi connectivity index (χ0) is 14.1. The summed E-state index contributed by atoms with van der Waals surface area (Å²) in [7, 11) is 1.57. The number of hydrogen-bond acceptors (Lipinski definition) is 6. The SMILES string of the molecule is COc1cccc(-c2ccc([N+](=O)[O-])c3nonc23)c1. The quantitative estimate of drug-likeness (QED) is 0.537. The van der Waals surface area contributed by atoms with Gasteiger partial charge in [0, 0.05) is 11.6 Å². The first-order valence-corrected chi connectivity index (χ1v) is 5.75. The predicted octanol–water partition coefficient (Wildman–Crippen LogP) is 2.81. The Kier molecular flexibility index (Phi) is 2.79. The average Bonchev–Trinajstić information content (AvgIpc) is 2.95. The lowest BCUT2D eigenvalue weighted by Crippen LogP contribution is -1.91. The topological polar surface area (TPSA) is 91.3 Å². The molecule has 0 bridgehead atoms. The van der Waals surface area contributed by atoms with E-state index in [1.54, 1.807) is 13.2 Å². The molecule has 0 N–H and O–H groups in total. The van der Waals surface area contributed by atoms with Crippen molar-refractivity contribution in [2.24, 2.45) is 0 Å². The molecular weight excluding hydrogens is 262 g/mol. The summed E-state index contributed by atoms with van der Waals surface area (Å²) in [5, 5.41) is 18.3. The predicted molar refractivity (Wildman–Crippen MR) is 70.4 cm³/mol. The van der Waals surface area contributed by atoms with Crippen LogP contribution in [-0.2, 0) is 0 Å². The number of fused-ring (bicyclic) bond motifs is 1. The van der Waals surface area contributed by atoms with Crippen LogP contribution in [0.15, 0.2) is 41.0 Å². The van der Waals surface area contributed by atoms with Crippen LogP contribution in [-0.4, -0.2) is 22.3 Å². The van der Waals surface area contributed by atoms with E-state index < -0.39 is 4.92 Å².